The zero-order chi connectivity index (χ0) is 16.5. The van der Waals surface area contributed by atoms with Gasteiger partial charge in [0.05, 0.1) is 13.2 Å². The Bertz CT molecular complexity index is 491. The first kappa shape index (κ1) is 17.9. The standard InChI is InChI=1S/C17H22O5/c1-4-21-16(19)15(17(20)22-5-2)14(11-12(3)18)13-9-7-6-8-10-13/h6-10,14-15H,4-5,11H2,1-3H3/t14-/m1/s1. The minimum absolute atomic E-state index is 0.0757. The normalized spacial score (nSPS) is 11.8. The van der Waals surface area contributed by atoms with Gasteiger partial charge >= 0.3 is 11.9 Å². The Morgan fingerprint density at radius 1 is 0.955 bits per heavy atom. The van der Waals surface area contributed by atoms with Crippen molar-refractivity contribution in [1.82, 2.24) is 0 Å². The summed E-state index contributed by atoms with van der Waals surface area (Å²) in [6.07, 6.45) is 0.0757. The predicted octanol–water partition coefficient (Wildman–Crippen LogP) is 2.49. The molecule has 0 aliphatic carbocycles. The van der Waals surface area contributed by atoms with Crippen LogP contribution in [0, 0.1) is 5.92 Å². The minimum atomic E-state index is -1.13. The van der Waals surface area contributed by atoms with Crippen molar-refractivity contribution < 1.29 is 23.9 Å². The summed E-state index contributed by atoms with van der Waals surface area (Å²) in [5.41, 5.74) is 0.740. The summed E-state index contributed by atoms with van der Waals surface area (Å²) >= 11 is 0. The van der Waals surface area contributed by atoms with Gasteiger partial charge in [-0.05, 0) is 26.3 Å². The molecule has 0 saturated carbocycles. The average Bonchev–Trinajstić information content (AvgIpc) is 2.47. The van der Waals surface area contributed by atoms with Crippen LogP contribution >= 0.6 is 0 Å². The quantitative estimate of drug-likeness (QED) is 0.545. The fraction of sp³-hybridized carbons (Fsp3) is 0.471. The SMILES string of the molecule is CCOC(=O)C(C(=O)OCC)[C@H](CC(C)=O)c1ccccc1. The molecule has 0 amide bonds. The highest BCUT2D eigenvalue weighted by molar-refractivity contribution is 5.97. The Labute approximate surface area is 130 Å². The van der Waals surface area contributed by atoms with Gasteiger partial charge in [0.1, 0.15) is 5.78 Å². The number of carbonyl (C=O) groups excluding carboxylic acids is 3. The van der Waals surface area contributed by atoms with Crippen molar-refractivity contribution in [2.24, 2.45) is 5.92 Å². The fourth-order valence-corrected chi connectivity index (χ4v) is 2.33. The number of ether oxygens (including phenoxy) is 2. The van der Waals surface area contributed by atoms with Crippen LogP contribution < -0.4 is 0 Å². The van der Waals surface area contributed by atoms with E-state index in [9.17, 15) is 14.4 Å². The smallest absolute Gasteiger partial charge is 0.320 e. The highest BCUT2D eigenvalue weighted by Gasteiger charge is 2.38. The van der Waals surface area contributed by atoms with Crippen molar-refractivity contribution in [2.45, 2.75) is 33.1 Å². The maximum atomic E-state index is 12.2. The molecule has 120 valence electrons. The molecule has 1 aromatic carbocycles. The molecule has 0 aliphatic rings. The zero-order valence-electron chi connectivity index (χ0n) is 13.2. The van der Waals surface area contributed by atoms with E-state index in [1.807, 2.05) is 6.07 Å². The Morgan fingerprint density at radius 2 is 1.45 bits per heavy atom. The van der Waals surface area contributed by atoms with Gasteiger partial charge in [0.2, 0.25) is 0 Å². The molecule has 1 atom stereocenters. The van der Waals surface area contributed by atoms with Gasteiger partial charge in [-0.15, -0.1) is 0 Å². The maximum Gasteiger partial charge on any atom is 0.320 e. The van der Waals surface area contributed by atoms with Crippen LogP contribution in [0.5, 0.6) is 0 Å². The van der Waals surface area contributed by atoms with E-state index in [4.69, 9.17) is 9.47 Å². The van der Waals surface area contributed by atoms with Crippen LogP contribution in [0.3, 0.4) is 0 Å². The van der Waals surface area contributed by atoms with Crippen LogP contribution in [-0.4, -0.2) is 30.9 Å². The fourth-order valence-electron chi connectivity index (χ4n) is 2.33. The van der Waals surface area contributed by atoms with Crippen LogP contribution in [0.1, 0.15) is 38.7 Å². The maximum absolute atomic E-state index is 12.2. The third kappa shape index (κ3) is 4.98. The molecule has 0 aliphatic heterocycles. The first-order chi connectivity index (χ1) is 10.5. The summed E-state index contributed by atoms with van der Waals surface area (Å²) in [5, 5.41) is 0. The number of carbonyl (C=O) groups is 3. The lowest BCUT2D eigenvalue weighted by Crippen LogP contribution is -2.34. The van der Waals surface area contributed by atoms with Crippen LogP contribution in [0.25, 0.3) is 0 Å². The van der Waals surface area contributed by atoms with Crippen molar-refractivity contribution in [3.63, 3.8) is 0 Å². The molecule has 0 bridgehead atoms. The van der Waals surface area contributed by atoms with E-state index in [1.54, 1.807) is 38.1 Å². The van der Waals surface area contributed by atoms with Crippen molar-refractivity contribution in [3.8, 4) is 0 Å². The predicted molar refractivity (Wildman–Crippen MR) is 81.2 cm³/mol. The molecule has 1 aromatic rings. The molecule has 5 heteroatoms. The zero-order valence-corrected chi connectivity index (χ0v) is 13.2. The largest absolute Gasteiger partial charge is 0.465 e. The van der Waals surface area contributed by atoms with Gasteiger partial charge in [0.25, 0.3) is 0 Å². The van der Waals surface area contributed by atoms with Crippen molar-refractivity contribution in [3.05, 3.63) is 35.9 Å². The van der Waals surface area contributed by atoms with Crippen molar-refractivity contribution >= 4 is 17.7 Å². The molecule has 0 saturated heterocycles. The molecule has 0 unspecified atom stereocenters. The van der Waals surface area contributed by atoms with Crippen molar-refractivity contribution in [1.29, 1.82) is 0 Å². The molecule has 22 heavy (non-hydrogen) atoms. The first-order valence-electron chi connectivity index (χ1n) is 7.38. The third-order valence-electron chi connectivity index (χ3n) is 3.22. The van der Waals surface area contributed by atoms with Crippen LogP contribution in [0.4, 0.5) is 0 Å². The molecule has 5 nitrogen and oxygen atoms in total. The number of benzene rings is 1. The molecule has 0 heterocycles. The van der Waals surface area contributed by atoms with Gasteiger partial charge in [-0.1, -0.05) is 30.3 Å². The van der Waals surface area contributed by atoms with Gasteiger partial charge in [0.15, 0.2) is 5.92 Å². The lowest BCUT2D eigenvalue weighted by molar-refractivity contribution is -0.162. The number of hydrogen-bond donors (Lipinski definition) is 0. The minimum Gasteiger partial charge on any atom is -0.465 e. The van der Waals surface area contributed by atoms with Crippen LogP contribution in [0.2, 0.25) is 0 Å². The summed E-state index contributed by atoms with van der Waals surface area (Å²) in [5.74, 6) is -3.14. The van der Waals surface area contributed by atoms with E-state index in [2.05, 4.69) is 0 Å². The molecule has 0 spiro atoms. The van der Waals surface area contributed by atoms with E-state index in [0.29, 0.717) is 0 Å². The summed E-state index contributed by atoms with van der Waals surface area (Å²) in [6, 6.07) is 9.02. The molecular weight excluding hydrogens is 284 g/mol. The highest BCUT2D eigenvalue weighted by Crippen LogP contribution is 2.30. The van der Waals surface area contributed by atoms with Gasteiger partial charge in [-0.25, -0.2) is 0 Å². The number of esters is 2. The monoisotopic (exact) mass is 306 g/mol. The Balaban J connectivity index is 3.20. The summed E-state index contributed by atoms with van der Waals surface area (Å²) in [7, 11) is 0. The molecule has 1 rings (SSSR count). The van der Waals surface area contributed by atoms with E-state index in [1.165, 1.54) is 6.92 Å². The lowest BCUT2D eigenvalue weighted by Gasteiger charge is -2.23. The lowest BCUT2D eigenvalue weighted by atomic mass is 9.82. The topological polar surface area (TPSA) is 69.7 Å². The molecule has 0 aromatic heterocycles. The molecule has 0 N–H and O–H groups in total. The number of Topliss-reactive ketones (excluding diaryl/α,β-unsaturated/α-hetero) is 1. The Hall–Kier alpha value is -2.17. The molecule has 0 fully saturated rings. The molecule has 0 radical (unpaired) electrons. The van der Waals surface area contributed by atoms with E-state index >= 15 is 0 Å². The summed E-state index contributed by atoms with van der Waals surface area (Å²) in [6.45, 7) is 5.10. The van der Waals surface area contributed by atoms with E-state index in [0.717, 1.165) is 5.56 Å². The van der Waals surface area contributed by atoms with Gasteiger partial charge in [-0.3, -0.25) is 9.59 Å². The number of ketones is 1. The average molecular weight is 306 g/mol. The highest BCUT2D eigenvalue weighted by atomic mass is 16.6. The third-order valence-corrected chi connectivity index (χ3v) is 3.22. The Morgan fingerprint density at radius 3 is 1.86 bits per heavy atom. The number of hydrogen-bond acceptors (Lipinski definition) is 5. The summed E-state index contributed by atoms with van der Waals surface area (Å²) < 4.78 is 10.0. The second kappa shape index (κ2) is 8.97. The summed E-state index contributed by atoms with van der Waals surface area (Å²) in [4.78, 5) is 36.0. The molecular formula is C17H22O5. The van der Waals surface area contributed by atoms with Crippen LogP contribution in [-0.2, 0) is 23.9 Å². The van der Waals surface area contributed by atoms with Gasteiger partial charge < -0.3 is 14.3 Å². The second-order valence-electron chi connectivity index (χ2n) is 4.91. The second-order valence-corrected chi connectivity index (χ2v) is 4.91. The van der Waals surface area contributed by atoms with Crippen molar-refractivity contribution in [2.75, 3.05) is 13.2 Å². The van der Waals surface area contributed by atoms with Gasteiger partial charge in [-0.2, -0.15) is 0 Å². The number of rotatable bonds is 8. The van der Waals surface area contributed by atoms with E-state index in [-0.39, 0.29) is 25.4 Å². The van der Waals surface area contributed by atoms with E-state index < -0.39 is 23.8 Å². The van der Waals surface area contributed by atoms with Gasteiger partial charge in [0, 0.05) is 12.3 Å². The Kier molecular flexibility index (Phi) is 7.29. The van der Waals surface area contributed by atoms with Crippen LogP contribution in [0.15, 0.2) is 30.3 Å². The first-order valence-corrected chi connectivity index (χ1v) is 7.38.